The first-order valence-corrected chi connectivity index (χ1v) is 8.12. The van der Waals surface area contributed by atoms with Gasteiger partial charge in [0.05, 0.1) is 0 Å². The summed E-state index contributed by atoms with van der Waals surface area (Å²) in [5, 5.41) is 0. The summed E-state index contributed by atoms with van der Waals surface area (Å²) < 4.78 is 0. The molecule has 0 saturated carbocycles. The molecule has 3 nitrogen and oxygen atoms in total. The molecular weight excluding hydrogens is 260 g/mol. The number of carbonyl (C=O) groups excluding carboxylic acids is 1. The molecule has 2 aliphatic rings. The highest BCUT2D eigenvalue weighted by molar-refractivity contribution is 6.00. The normalized spacial score (nSPS) is 24.0. The third-order valence-corrected chi connectivity index (χ3v) is 4.94. The number of benzene rings is 1. The number of Topliss-reactive ketones (excluding diaryl/α,β-unsaturated/α-hetero) is 1. The van der Waals surface area contributed by atoms with Gasteiger partial charge in [-0.1, -0.05) is 44.2 Å². The molecule has 1 aromatic rings. The first-order chi connectivity index (χ1) is 10.1. The van der Waals surface area contributed by atoms with E-state index in [1.54, 1.807) is 0 Å². The molecule has 0 radical (unpaired) electrons. The maximum atomic E-state index is 12.7. The second-order valence-corrected chi connectivity index (χ2v) is 7.15. The number of ketones is 1. The SMILES string of the molecule is CC(C)(CN1CCN2CCCC2C1)C(=O)c1ccccc1. The lowest BCUT2D eigenvalue weighted by Gasteiger charge is -2.40. The van der Waals surface area contributed by atoms with Gasteiger partial charge < -0.3 is 0 Å². The zero-order valence-electron chi connectivity index (χ0n) is 13.2. The number of hydrogen-bond acceptors (Lipinski definition) is 3. The van der Waals surface area contributed by atoms with Crippen LogP contribution in [0.2, 0.25) is 0 Å². The van der Waals surface area contributed by atoms with Crippen LogP contribution in [0.25, 0.3) is 0 Å². The van der Waals surface area contributed by atoms with Crippen molar-refractivity contribution in [3.63, 3.8) is 0 Å². The van der Waals surface area contributed by atoms with Crippen LogP contribution in [0.5, 0.6) is 0 Å². The van der Waals surface area contributed by atoms with Gasteiger partial charge in [-0.05, 0) is 19.4 Å². The van der Waals surface area contributed by atoms with Crippen molar-refractivity contribution in [1.29, 1.82) is 0 Å². The smallest absolute Gasteiger partial charge is 0.169 e. The lowest BCUT2D eigenvalue weighted by Crippen LogP contribution is -2.53. The van der Waals surface area contributed by atoms with Crippen molar-refractivity contribution >= 4 is 5.78 Å². The highest BCUT2D eigenvalue weighted by Crippen LogP contribution is 2.27. The lowest BCUT2D eigenvalue weighted by atomic mass is 9.83. The van der Waals surface area contributed by atoms with Crippen LogP contribution in [0.4, 0.5) is 0 Å². The van der Waals surface area contributed by atoms with Gasteiger partial charge in [-0.3, -0.25) is 14.6 Å². The van der Waals surface area contributed by atoms with Gasteiger partial charge in [-0.15, -0.1) is 0 Å². The Bertz CT molecular complexity index is 497. The van der Waals surface area contributed by atoms with Gasteiger partial charge in [0.2, 0.25) is 0 Å². The standard InChI is InChI=1S/C18H26N2O/c1-18(2,17(21)15-7-4-3-5-8-15)14-19-11-12-20-10-6-9-16(20)13-19/h3-5,7-8,16H,6,9-14H2,1-2H3. The second kappa shape index (κ2) is 5.90. The zero-order valence-corrected chi connectivity index (χ0v) is 13.2. The summed E-state index contributed by atoms with van der Waals surface area (Å²) in [5.41, 5.74) is 0.518. The molecule has 2 fully saturated rings. The third-order valence-electron chi connectivity index (χ3n) is 4.94. The Hall–Kier alpha value is -1.19. The Morgan fingerprint density at radius 1 is 1.19 bits per heavy atom. The van der Waals surface area contributed by atoms with E-state index in [0.29, 0.717) is 0 Å². The van der Waals surface area contributed by atoms with Gasteiger partial charge >= 0.3 is 0 Å². The molecule has 114 valence electrons. The number of fused-ring (bicyclic) bond motifs is 1. The lowest BCUT2D eigenvalue weighted by molar-refractivity contribution is 0.0588. The van der Waals surface area contributed by atoms with Crippen molar-refractivity contribution in [3.05, 3.63) is 35.9 Å². The van der Waals surface area contributed by atoms with Crippen molar-refractivity contribution in [2.24, 2.45) is 5.41 Å². The highest BCUT2D eigenvalue weighted by Gasteiger charge is 2.35. The Balaban J connectivity index is 1.64. The minimum atomic E-state index is -0.317. The van der Waals surface area contributed by atoms with E-state index in [4.69, 9.17) is 0 Å². The predicted molar refractivity (Wildman–Crippen MR) is 85.6 cm³/mol. The van der Waals surface area contributed by atoms with Crippen molar-refractivity contribution in [2.75, 3.05) is 32.7 Å². The van der Waals surface area contributed by atoms with E-state index in [-0.39, 0.29) is 11.2 Å². The quantitative estimate of drug-likeness (QED) is 0.795. The van der Waals surface area contributed by atoms with E-state index in [1.807, 2.05) is 30.3 Å². The largest absolute Gasteiger partial charge is 0.300 e. The Morgan fingerprint density at radius 3 is 2.71 bits per heavy atom. The molecule has 1 atom stereocenters. The number of rotatable bonds is 4. The summed E-state index contributed by atoms with van der Waals surface area (Å²) in [4.78, 5) is 17.8. The Kier molecular flexibility index (Phi) is 4.14. The molecule has 0 N–H and O–H groups in total. The number of carbonyl (C=O) groups is 1. The third kappa shape index (κ3) is 3.19. The fourth-order valence-corrected chi connectivity index (χ4v) is 3.81. The summed E-state index contributed by atoms with van der Waals surface area (Å²) in [6.07, 6.45) is 2.66. The van der Waals surface area contributed by atoms with E-state index >= 15 is 0 Å². The Labute approximate surface area is 127 Å². The van der Waals surface area contributed by atoms with Gasteiger partial charge in [0.15, 0.2) is 5.78 Å². The van der Waals surface area contributed by atoms with Crippen LogP contribution in [-0.2, 0) is 0 Å². The van der Waals surface area contributed by atoms with Crippen LogP contribution in [0.3, 0.4) is 0 Å². The van der Waals surface area contributed by atoms with E-state index in [9.17, 15) is 4.79 Å². The van der Waals surface area contributed by atoms with Crippen LogP contribution in [-0.4, -0.2) is 54.3 Å². The van der Waals surface area contributed by atoms with Gasteiger partial charge in [0.1, 0.15) is 0 Å². The molecule has 0 spiro atoms. The second-order valence-electron chi connectivity index (χ2n) is 7.15. The van der Waals surface area contributed by atoms with Crippen molar-refractivity contribution in [2.45, 2.75) is 32.7 Å². The maximum Gasteiger partial charge on any atom is 0.169 e. The summed E-state index contributed by atoms with van der Waals surface area (Å²) in [6.45, 7) is 9.70. The molecule has 2 aliphatic heterocycles. The zero-order chi connectivity index (χ0) is 14.9. The highest BCUT2D eigenvalue weighted by atomic mass is 16.1. The summed E-state index contributed by atoms with van der Waals surface area (Å²) in [7, 11) is 0. The minimum Gasteiger partial charge on any atom is -0.300 e. The van der Waals surface area contributed by atoms with Gasteiger partial charge in [-0.25, -0.2) is 0 Å². The summed E-state index contributed by atoms with van der Waals surface area (Å²) in [5.74, 6) is 0.261. The van der Waals surface area contributed by atoms with Crippen LogP contribution in [0.1, 0.15) is 37.0 Å². The van der Waals surface area contributed by atoms with Crippen LogP contribution in [0.15, 0.2) is 30.3 Å². The van der Waals surface area contributed by atoms with Crippen molar-refractivity contribution in [3.8, 4) is 0 Å². The Morgan fingerprint density at radius 2 is 1.95 bits per heavy atom. The van der Waals surface area contributed by atoms with E-state index in [2.05, 4.69) is 23.6 Å². The van der Waals surface area contributed by atoms with Crippen molar-refractivity contribution < 1.29 is 4.79 Å². The predicted octanol–water partition coefficient (Wildman–Crippen LogP) is 2.68. The molecule has 1 aromatic carbocycles. The number of hydrogen-bond donors (Lipinski definition) is 0. The molecule has 3 rings (SSSR count). The van der Waals surface area contributed by atoms with Crippen molar-refractivity contribution in [1.82, 2.24) is 9.80 Å². The molecule has 1 unspecified atom stereocenters. The van der Waals surface area contributed by atoms with E-state index in [0.717, 1.165) is 31.2 Å². The fraction of sp³-hybridized carbons (Fsp3) is 0.611. The van der Waals surface area contributed by atoms with Crippen LogP contribution in [0, 0.1) is 5.41 Å². The van der Waals surface area contributed by atoms with Gasteiger partial charge in [-0.2, -0.15) is 0 Å². The molecule has 0 amide bonds. The van der Waals surface area contributed by atoms with E-state index in [1.165, 1.54) is 25.9 Å². The molecule has 21 heavy (non-hydrogen) atoms. The molecule has 2 heterocycles. The molecule has 3 heteroatoms. The topological polar surface area (TPSA) is 23.6 Å². The molecule has 0 aromatic heterocycles. The summed E-state index contributed by atoms with van der Waals surface area (Å²) in [6, 6.07) is 10.4. The number of nitrogens with zero attached hydrogens (tertiary/aromatic N) is 2. The molecule has 0 aliphatic carbocycles. The average Bonchev–Trinajstić information content (AvgIpc) is 2.94. The molecule has 0 bridgehead atoms. The van der Waals surface area contributed by atoms with Gasteiger partial charge in [0, 0.05) is 43.2 Å². The molecule has 2 saturated heterocycles. The fourth-order valence-electron chi connectivity index (χ4n) is 3.81. The van der Waals surface area contributed by atoms with E-state index < -0.39 is 0 Å². The minimum absolute atomic E-state index is 0.261. The van der Waals surface area contributed by atoms with Crippen LogP contribution < -0.4 is 0 Å². The first-order valence-electron chi connectivity index (χ1n) is 8.12. The summed E-state index contributed by atoms with van der Waals surface area (Å²) >= 11 is 0. The average molecular weight is 286 g/mol. The van der Waals surface area contributed by atoms with Crippen LogP contribution >= 0.6 is 0 Å². The monoisotopic (exact) mass is 286 g/mol. The maximum absolute atomic E-state index is 12.7. The number of piperazine rings is 1. The molecular formula is C18H26N2O. The van der Waals surface area contributed by atoms with Gasteiger partial charge in [0.25, 0.3) is 0 Å². The first kappa shape index (κ1) is 14.7.